The van der Waals surface area contributed by atoms with Gasteiger partial charge in [0.2, 0.25) is 5.95 Å². The maximum Gasteiger partial charge on any atom is 0.227 e. The van der Waals surface area contributed by atoms with Gasteiger partial charge in [-0.25, -0.2) is 9.97 Å². The first-order chi connectivity index (χ1) is 7.24. The lowest BCUT2D eigenvalue weighted by atomic mass is 10.2. The Hall–Kier alpha value is -1.90. The smallest absolute Gasteiger partial charge is 0.227 e. The number of hydrogen-bond acceptors (Lipinski definition) is 3. The molecule has 0 fully saturated rings. The first-order valence-corrected chi connectivity index (χ1v) is 4.86. The molecule has 0 aliphatic rings. The number of nitrogens with zero attached hydrogens (tertiary/aromatic N) is 2. The van der Waals surface area contributed by atoms with Crippen LogP contribution in [-0.2, 0) is 0 Å². The molecule has 0 bridgehead atoms. The fraction of sp³-hybridized carbons (Fsp3) is 0.167. The molecule has 0 amide bonds. The average molecular weight is 199 g/mol. The fourth-order valence-corrected chi connectivity index (χ4v) is 1.31. The minimum absolute atomic E-state index is 0.631. The summed E-state index contributed by atoms with van der Waals surface area (Å²) in [5.74, 6) is 0.631. The molecule has 15 heavy (non-hydrogen) atoms. The van der Waals surface area contributed by atoms with Gasteiger partial charge in [-0.2, -0.15) is 0 Å². The Bertz CT molecular complexity index is 449. The molecule has 0 atom stereocenters. The Labute approximate surface area is 89.2 Å². The van der Waals surface area contributed by atoms with E-state index in [0.29, 0.717) is 5.95 Å². The van der Waals surface area contributed by atoms with E-state index in [0.717, 1.165) is 11.3 Å². The van der Waals surface area contributed by atoms with Crippen LogP contribution in [0.25, 0.3) is 0 Å². The molecule has 0 aliphatic heterocycles. The number of aromatic nitrogens is 2. The van der Waals surface area contributed by atoms with Crippen molar-refractivity contribution < 1.29 is 0 Å². The van der Waals surface area contributed by atoms with Crippen LogP contribution in [0.15, 0.2) is 36.7 Å². The summed E-state index contributed by atoms with van der Waals surface area (Å²) in [4.78, 5) is 8.36. The molecule has 1 N–H and O–H groups in total. The van der Waals surface area contributed by atoms with Gasteiger partial charge in [-0.3, -0.25) is 0 Å². The lowest BCUT2D eigenvalue weighted by Crippen LogP contribution is -1.96. The van der Waals surface area contributed by atoms with Crippen molar-refractivity contribution in [2.75, 3.05) is 5.32 Å². The molecule has 0 saturated carbocycles. The van der Waals surface area contributed by atoms with Gasteiger partial charge in [-0.15, -0.1) is 0 Å². The molecule has 76 valence electrons. The normalized spacial score (nSPS) is 10.0. The van der Waals surface area contributed by atoms with Gasteiger partial charge < -0.3 is 5.32 Å². The summed E-state index contributed by atoms with van der Waals surface area (Å²) in [6.07, 6.45) is 3.59. The van der Waals surface area contributed by atoms with Crippen molar-refractivity contribution in [2.45, 2.75) is 13.8 Å². The summed E-state index contributed by atoms with van der Waals surface area (Å²) in [6, 6.07) is 8.12. The SMILES string of the molecule is Cc1cnc(Nc2cccc(C)c2)nc1. The highest BCUT2D eigenvalue weighted by molar-refractivity contribution is 5.53. The van der Waals surface area contributed by atoms with E-state index in [4.69, 9.17) is 0 Å². The monoisotopic (exact) mass is 199 g/mol. The number of anilines is 2. The molecule has 0 saturated heterocycles. The second-order valence-corrected chi connectivity index (χ2v) is 3.58. The molecule has 0 aliphatic carbocycles. The van der Waals surface area contributed by atoms with Crippen LogP contribution in [0.1, 0.15) is 11.1 Å². The van der Waals surface area contributed by atoms with Crippen molar-refractivity contribution >= 4 is 11.6 Å². The molecule has 3 heteroatoms. The zero-order chi connectivity index (χ0) is 10.7. The topological polar surface area (TPSA) is 37.8 Å². The quantitative estimate of drug-likeness (QED) is 0.808. The summed E-state index contributed by atoms with van der Waals surface area (Å²) in [6.45, 7) is 4.03. The molecule has 3 nitrogen and oxygen atoms in total. The van der Waals surface area contributed by atoms with Crippen molar-refractivity contribution in [3.63, 3.8) is 0 Å². The summed E-state index contributed by atoms with van der Waals surface area (Å²) in [5, 5.41) is 3.15. The fourth-order valence-electron chi connectivity index (χ4n) is 1.31. The van der Waals surface area contributed by atoms with Crippen LogP contribution in [0.2, 0.25) is 0 Å². The number of rotatable bonds is 2. The van der Waals surface area contributed by atoms with Crippen LogP contribution >= 0.6 is 0 Å². The number of hydrogen-bond donors (Lipinski definition) is 1. The maximum absolute atomic E-state index is 4.18. The predicted molar refractivity (Wildman–Crippen MR) is 61.2 cm³/mol. The highest BCUT2D eigenvalue weighted by Gasteiger charge is 1.96. The molecule has 1 aromatic carbocycles. The third kappa shape index (κ3) is 2.53. The van der Waals surface area contributed by atoms with E-state index in [1.165, 1.54) is 5.56 Å². The van der Waals surface area contributed by atoms with Gasteiger partial charge in [0.05, 0.1) is 0 Å². The Morgan fingerprint density at radius 1 is 1.00 bits per heavy atom. The standard InChI is InChI=1S/C12H13N3/c1-9-4-3-5-11(6-9)15-12-13-7-10(2)8-14-12/h3-8H,1-2H3,(H,13,14,15). The number of benzene rings is 1. The zero-order valence-corrected chi connectivity index (χ0v) is 8.86. The number of aryl methyl sites for hydroxylation is 2. The summed E-state index contributed by atoms with van der Waals surface area (Å²) in [7, 11) is 0. The van der Waals surface area contributed by atoms with E-state index in [1.54, 1.807) is 12.4 Å². The van der Waals surface area contributed by atoms with Crippen LogP contribution < -0.4 is 5.32 Å². The second kappa shape index (κ2) is 4.09. The molecule has 0 unspecified atom stereocenters. The highest BCUT2D eigenvalue weighted by atomic mass is 15.1. The maximum atomic E-state index is 4.18. The molecule has 2 aromatic rings. The van der Waals surface area contributed by atoms with Gasteiger partial charge in [0.15, 0.2) is 0 Å². The molecular weight excluding hydrogens is 186 g/mol. The van der Waals surface area contributed by atoms with Crippen molar-refractivity contribution in [1.82, 2.24) is 9.97 Å². The first kappa shape index (κ1) is 9.65. The van der Waals surface area contributed by atoms with E-state index in [-0.39, 0.29) is 0 Å². The predicted octanol–water partition coefficient (Wildman–Crippen LogP) is 2.84. The number of nitrogens with one attached hydrogen (secondary N) is 1. The minimum Gasteiger partial charge on any atom is -0.324 e. The summed E-state index contributed by atoms with van der Waals surface area (Å²) in [5.41, 5.74) is 3.29. The van der Waals surface area contributed by atoms with Crippen LogP contribution in [0, 0.1) is 13.8 Å². The van der Waals surface area contributed by atoms with E-state index >= 15 is 0 Å². The van der Waals surface area contributed by atoms with Gasteiger partial charge in [-0.1, -0.05) is 12.1 Å². The third-order valence-corrected chi connectivity index (χ3v) is 2.06. The van der Waals surface area contributed by atoms with Crippen molar-refractivity contribution in [2.24, 2.45) is 0 Å². The third-order valence-electron chi connectivity index (χ3n) is 2.06. The van der Waals surface area contributed by atoms with E-state index < -0.39 is 0 Å². The van der Waals surface area contributed by atoms with E-state index in [9.17, 15) is 0 Å². The van der Waals surface area contributed by atoms with Gasteiger partial charge in [-0.05, 0) is 37.1 Å². The highest BCUT2D eigenvalue weighted by Crippen LogP contribution is 2.13. The molecular formula is C12H13N3. The van der Waals surface area contributed by atoms with Gasteiger partial charge in [0.25, 0.3) is 0 Å². The van der Waals surface area contributed by atoms with Crippen LogP contribution in [-0.4, -0.2) is 9.97 Å². The Morgan fingerprint density at radius 2 is 1.73 bits per heavy atom. The van der Waals surface area contributed by atoms with Crippen LogP contribution in [0.4, 0.5) is 11.6 Å². The Morgan fingerprint density at radius 3 is 2.40 bits per heavy atom. The lowest BCUT2D eigenvalue weighted by Gasteiger charge is -2.04. The summed E-state index contributed by atoms with van der Waals surface area (Å²) >= 11 is 0. The van der Waals surface area contributed by atoms with Crippen molar-refractivity contribution in [3.8, 4) is 0 Å². The van der Waals surface area contributed by atoms with E-state index in [2.05, 4.69) is 34.3 Å². The molecule has 2 rings (SSSR count). The first-order valence-electron chi connectivity index (χ1n) is 4.86. The van der Waals surface area contributed by atoms with Crippen molar-refractivity contribution in [3.05, 3.63) is 47.8 Å². The van der Waals surface area contributed by atoms with Crippen molar-refractivity contribution in [1.29, 1.82) is 0 Å². The van der Waals surface area contributed by atoms with Crippen LogP contribution in [0.5, 0.6) is 0 Å². The van der Waals surface area contributed by atoms with Gasteiger partial charge in [0.1, 0.15) is 0 Å². The molecule has 0 spiro atoms. The van der Waals surface area contributed by atoms with E-state index in [1.807, 2.05) is 19.1 Å². The minimum atomic E-state index is 0.631. The summed E-state index contributed by atoms with van der Waals surface area (Å²) < 4.78 is 0. The van der Waals surface area contributed by atoms with Gasteiger partial charge >= 0.3 is 0 Å². The van der Waals surface area contributed by atoms with Crippen LogP contribution in [0.3, 0.4) is 0 Å². The van der Waals surface area contributed by atoms with Gasteiger partial charge in [0, 0.05) is 18.1 Å². The largest absolute Gasteiger partial charge is 0.324 e. The average Bonchev–Trinajstić information content (AvgIpc) is 2.22. The Kier molecular flexibility index (Phi) is 2.63. The second-order valence-electron chi connectivity index (χ2n) is 3.58. The molecule has 0 radical (unpaired) electrons. The molecule has 1 aromatic heterocycles. The molecule has 1 heterocycles. The lowest BCUT2D eigenvalue weighted by molar-refractivity contribution is 1.13. The Balaban J connectivity index is 2.18. The zero-order valence-electron chi connectivity index (χ0n) is 8.86.